The predicted molar refractivity (Wildman–Crippen MR) is 56.9 cm³/mol. The van der Waals surface area contributed by atoms with Crippen LogP contribution in [0.1, 0.15) is 16.1 Å². The Hall–Kier alpha value is -0.900. The van der Waals surface area contributed by atoms with Crippen molar-refractivity contribution in [3.8, 4) is 5.75 Å². The average Bonchev–Trinajstić information content (AvgIpc) is 2.19. The molecule has 0 fully saturated rings. The highest BCUT2D eigenvalue weighted by atomic mass is 127. The summed E-state index contributed by atoms with van der Waals surface area (Å²) < 4.78 is 40.2. The fraction of sp³-hybridized carbons (Fsp3) is 0.250. The molecule has 0 amide bonds. The van der Waals surface area contributed by atoms with Crippen molar-refractivity contribution in [3.63, 3.8) is 0 Å². The molecule has 0 aliphatic carbocycles. The Morgan fingerprint density at radius 2 is 2.19 bits per heavy atom. The lowest BCUT2D eigenvalue weighted by molar-refractivity contribution is -0.275. The van der Waals surface area contributed by atoms with Crippen molar-refractivity contribution in [1.82, 2.24) is 4.98 Å². The molecule has 4 nitrogen and oxygen atoms in total. The van der Waals surface area contributed by atoms with Gasteiger partial charge in [-0.1, -0.05) is 0 Å². The Morgan fingerprint density at radius 3 is 2.62 bits per heavy atom. The van der Waals surface area contributed by atoms with Crippen molar-refractivity contribution in [3.05, 3.63) is 21.0 Å². The predicted octanol–water partition coefficient (Wildman–Crippen LogP) is 1.86. The molecule has 0 aliphatic rings. The summed E-state index contributed by atoms with van der Waals surface area (Å²) >= 11 is 1.62. The lowest BCUT2D eigenvalue weighted by Crippen LogP contribution is -2.20. The molecule has 0 saturated heterocycles. The first kappa shape index (κ1) is 13.2. The minimum Gasteiger partial charge on any atom is -0.404 e. The minimum absolute atomic E-state index is 0.0563. The van der Waals surface area contributed by atoms with Crippen molar-refractivity contribution in [2.45, 2.75) is 12.9 Å². The van der Waals surface area contributed by atoms with Crippen LogP contribution in [0.5, 0.6) is 5.75 Å². The average molecular weight is 346 g/mol. The largest absolute Gasteiger partial charge is 0.573 e. The maximum absolute atomic E-state index is 12.1. The van der Waals surface area contributed by atoms with Crippen LogP contribution in [0.2, 0.25) is 0 Å². The molecule has 0 bridgehead atoms. The zero-order valence-electron chi connectivity index (χ0n) is 7.71. The molecule has 0 aliphatic heterocycles. The minimum atomic E-state index is -4.83. The van der Waals surface area contributed by atoms with Crippen LogP contribution in [0.15, 0.2) is 6.20 Å². The third-order valence-electron chi connectivity index (χ3n) is 1.65. The maximum atomic E-state index is 12.1. The van der Waals surface area contributed by atoms with Gasteiger partial charge in [-0.05, 0) is 22.6 Å². The number of hydrogen-bond acceptors (Lipinski definition) is 4. The van der Waals surface area contributed by atoms with Gasteiger partial charge in [0.2, 0.25) is 0 Å². The zero-order valence-corrected chi connectivity index (χ0v) is 9.87. The molecule has 0 aromatic carbocycles. The van der Waals surface area contributed by atoms with Crippen molar-refractivity contribution in [2.24, 2.45) is 5.73 Å². The van der Waals surface area contributed by atoms with Gasteiger partial charge in [-0.2, -0.15) is 0 Å². The first-order valence-electron chi connectivity index (χ1n) is 3.97. The van der Waals surface area contributed by atoms with E-state index in [2.05, 4.69) is 9.72 Å². The number of rotatable bonds is 3. The molecule has 16 heavy (non-hydrogen) atoms. The molecule has 2 N–H and O–H groups in total. The molecule has 0 radical (unpaired) electrons. The fourth-order valence-electron chi connectivity index (χ4n) is 1.05. The van der Waals surface area contributed by atoms with Gasteiger partial charge >= 0.3 is 6.36 Å². The number of halogens is 4. The number of carbonyl (C=O) groups is 1. The van der Waals surface area contributed by atoms with Crippen LogP contribution in [0.25, 0.3) is 0 Å². The number of carbonyl (C=O) groups excluding carboxylic acids is 1. The highest BCUT2D eigenvalue weighted by Crippen LogP contribution is 2.31. The highest BCUT2D eigenvalue weighted by molar-refractivity contribution is 14.1. The number of hydrogen-bond donors (Lipinski definition) is 1. The third kappa shape index (κ3) is 3.04. The summed E-state index contributed by atoms with van der Waals surface area (Å²) in [4.78, 5) is 14.2. The van der Waals surface area contributed by atoms with Gasteiger partial charge in [-0.3, -0.25) is 9.78 Å². The second kappa shape index (κ2) is 4.95. The van der Waals surface area contributed by atoms with Gasteiger partial charge in [0.25, 0.3) is 0 Å². The highest BCUT2D eigenvalue weighted by Gasteiger charge is 2.33. The van der Waals surface area contributed by atoms with Crippen LogP contribution in [-0.2, 0) is 6.54 Å². The van der Waals surface area contributed by atoms with E-state index in [4.69, 9.17) is 5.73 Å². The van der Waals surface area contributed by atoms with E-state index in [0.29, 0.717) is 6.29 Å². The van der Waals surface area contributed by atoms with Gasteiger partial charge in [0, 0.05) is 18.3 Å². The summed E-state index contributed by atoms with van der Waals surface area (Å²) in [5, 5.41) is 0. The molecule has 0 unspecified atom stereocenters. The van der Waals surface area contributed by atoms with Gasteiger partial charge in [-0.25, -0.2) is 0 Å². The van der Waals surface area contributed by atoms with Crippen molar-refractivity contribution < 1.29 is 22.7 Å². The molecular weight excluding hydrogens is 340 g/mol. The molecule has 88 valence electrons. The Kier molecular flexibility index (Phi) is 4.08. The summed E-state index contributed by atoms with van der Waals surface area (Å²) in [5.41, 5.74) is 5.06. The van der Waals surface area contributed by atoms with E-state index in [-0.39, 0.29) is 21.4 Å². The number of nitrogens with two attached hydrogens (primary N) is 1. The summed E-state index contributed by atoms with van der Waals surface area (Å²) in [7, 11) is 0. The van der Waals surface area contributed by atoms with Crippen LogP contribution in [0.4, 0.5) is 13.2 Å². The van der Waals surface area contributed by atoms with Crippen LogP contribution in [0.3, 0.4) is 0 Å². The van der Waals surface area contributed by atoms with E-state index in [1.807, 2.05) is 0 Å². The normalized spacial score (nSPS) is 11.3. The number of alkyl halides is 3. The number of nitrogens with zero attached hydrogens (tertiary/aromatic N) is 1. The van der Waals surface area contributed by atoms with Crippen molar-refractivity contribution in [2.75, 3.05) is 0 Å². The number of ether oxygens (including phenoxy) is 1. The van der Waals surface area contributed by atoms with Crippen LogP contribution >= 0.6 is 22.6 Å². The lowest BCUT2D eigenvalue weighted by atomic mass is 10.2. The summed E-state index contributed by atoms with van der Waals surface area (Å²) in [5.74, 6) is -0.465. The number of aldehydes is 1. The van der Waals surface area contributed by atoms with Gasteiger partial charge in [0.05, 0.1) is 3.57 Å². The molecular formula is C8H6F3IN2O2. The van der Waals surface area contributed by atoms with E-state index in [0.717, 1.165) is 6.20 Å². The van der Waals surface area contributed by atoms with Gasteiger partial charge in [0.15, 0.2) is 12.0 Å². The Balaban J connectivity index is 3.29. The van der Waals surface area contributed by atoms with E-state index in [1.165, 1.54) is 0 Å². The summed E-state index contributed by atoms with van der Waals surface area (Å²) in [6.07, 6.45) is -3.38. The maximum Gasteiger partial charge on any atom is 0.573 e. The molecule has 1 aromatic rings. The van der Waals surface area contributed by atoms with E-state index in [1.54, 1.807) is 22.6 Å². The van der Waals surface area contributed by atoms with Crippen molar-refractivity contribution >= 4 is 28.9 Å². The SMILES string of the molecule is NCc1c(C=O)ncc(I)c1OC(F)(F)F. The van der Waals surface area contributed by atoms with Gasteiger partial charge in [-0.15, -0.1) is 13.2 Å². The lowest BCUT2D eigenvalue weighted by Gasteiger charge is -2.14. The molecule has 0 spiro atoms. The van der Waals surface area contributed by atoms with Crippen LogP contribution in [0, 0.1) is 3.57 Å². The standard InChI is InChI=1S/C8H6F3IN2O2/c9-8(10,11)16-7-4(1-13)6(3-15)14-2-5(7)12/h2-3H,1,13H2. The second-order valence-corrected chi connectivity index (χ2v) is 3.83. The zero-order chi connectivity index (χ0) is 12.3. The monoisotopic (exact) mass is 346 g/mol. The van der Waals surface area contributed by atoms with Crippen LogP contribution < -0.4 is 10.5 Å². The smallest absolute Gasteiger partial charge is 0.404 e. The number of pyridine rings is 1. The third-order valence-corrected chi connectivity index (χ3v) is 2.42. The quantitative estimate of drug-likeness (QED) is 0.670. The molecule has 8 heteroatoms. The first-order valence-corrected chi connectivity index (χ1v) is 5.05. The van der Waals surface area contributed by atoms with Crippen molar-refractivity contribution in [1.29, 1.82) is 0 Å². The van der Waals surface area contributed by atoms with Gasteiger partial charge < -0.3 is 10.5 Å². The molecule has 0 atom stereocenters. The Labute approximate surface area is 102 Å². The second-order valence-electron chi connectivity index (χ2n) is 2.67. The van der Waals surface area contributed by atoms with E-state index >= 15 is 0 Å². The van der Waals surface area contributed by atoms with E-state index in [9.17, 15) is 18.0 Å². The summed E-state index contributed by atoms with van der Waals surface area (Å²) in [6.45, 7) is -0.261. The first-order chi connectivity index (χ1) is 7.39. The molecule has 0 saturated carbocycles. The fourth-order valence-corrected chi connectivity index (χ4v) is 1.62. The molecule has 1 aromatic heterocycles. The summed E-state index contributed by atoms with van der Waals surface area (Å²) in [6, 6.07) is 0. The Bertz CT molecular complexity index is 409. The molecule has 1 rings (SSSR count). The Morgan fingerprint density at radius 1 is 1.56 bits per heavy atom. The molecule has 1 heterocycles. The topological polar surface area (TPSA) is 65.2 Å². The number of aromatic nitrogens is 1. The van der Waals surface area contributed by atoms with E-state index < -0.39 is 12.1 Å². The van der Waals surface area contributed by atoms with Crippen LogP contribution in [-0.4, -0.2) is 17.6 Å². The van der Waals surface area contributed by atoms with Gasteiger partial charge in [0.1, 0.15) is 5.69 Å².